The fraction of sp³-hybridized carbons (Fsp3) is 0.818. The first kappa shape index (κ1) is 12.2. The first-order valence-electron chi connectivity index (χ1n) is 4.77. The zero-order valence-corrected chi connectivity index (χ0v) is 10.2. The molecule has 0 heterocycles. The van der Waals surface area contributed by atoms with Crippen molar-refractivity contribution < 1.29 is 0 Å². The Hall–Kier alpha value is 0.220. The third-order valence-corrected chi connectivity index (χ3v) is 4.12. The molecule has 12 heavy (non-hydrogen) atoms. The molecule has 72 valence electrons. The summed E-state index contributed by atoms with van der Waals surface area (Å²) in [5.74, 6) is 0.731. The molecule has 0 aromatic carbocycles. The van der Waals surface area contributed by atoms with Crippen LogP contribution in [-0.2, 0) is 0 Å². The molecule has 0 N–H and O–H groups in total. The van der Waals surface area contributed by atoms with Gasteiger partial charge in [0.25, 0.3) is 0 Å². The van der Waals surface area contributed by atoms with Crippen LogP contribution in [0.4, 0.5) is 0 Å². The van der Waals surface area contributed by atoms with Crippen LogP contribution in [0.1, 0.15) is 40.0 Å². The Labute approximate surface area is 85.6 Å². The Bertz CT molecular complexity index is 131. The van der Waals surface area contributed by atoms with E-state index in [9.17, 15) is 0 Å². The summed E-state index contributed by atoms with van der Waals surface area (Å²) in [5.41, 5.74) is 0.447. The summed E-state index contributed by atoms with van der Waals surface area (Å²) in [5, 5.41) is 1.10. The van der Waals surface area contributed by atoms with E-state index >= 15 is 0 Å². The molecule has 0 aliphatic heterocycles. The van der Waals surface area contributed by atoms with Gasteiger partial charge in [0.15, 0.2) is 0 Å². The van der Waals surface area contributed by atoms with E-state index in [0.717, 1.165) is 17.7 Å². The monoisotopic (exact) mass is 232 g/mol. The van der Waals surface area contributed by atoms with Gasteiger partial charge in [-0.1, -0.05) is 49.2 Å². The predicted octanol–water partition coefficient (Wildman–Crippen LogP) is 4.40. The first-order valence-corrected chi connectivity index (χ1v) is 5.89. The SMILES string of the molecule is C=CCC(C)C(C)(CBr)CCC. The van der Waals surface area contributed by atoms with Crippen LogP contribution in [0, 0.1) is 11.3 Å². The van der Waals surface area contributed by atoms with Crippen molar-refractivity contribution >= 4 is 15.9 Å². The summed E-state index contributed by atoms with van der Waals surface area (Å²) >= 11 is 3.61. The molecule has 0 aliphatic carbocycles. The van der Waals surface area contributed by atoms with Crippen molar-refractivity contribution in [3.8, 4) is 0 Å². The zero-order chi connectivity index (χ0) is 9.61. The number of rotatable bonds is 6. The Kier molecular flexibility index (Phi) is 5.90. The van der Waals surface area contributed by atoms with Crippen molar-refractivity contribution in [2.24, 2.45) is 11.3 Å². The number of hydrogen-bond acceptors (Lipinski definition) is 0. The van der Waals surface area contributed by atoms with E-state index in [0.29, 0.717) is 5.41 Å². The lowest BCUT2D eigenvalue weighted by Gasteiger charge is -2.33. The van der Waals surface area contributed by atoms with E-state index in [-0.39, 0.29) is 0 Å². The molecular formula is C11H21Br. The number of alkyl halides is 1. The quantitative estimate of drug-likeness (QED) is 0.471. The van der Waals surface area contributed by atoms with Crippen LogP contribution in [0.15, 0.2) is 12.7 Å². The van der Waals surface area contributed by atoms with Gasteiger partial charge in [-0.15, -0.1) is 6.58 Å². The van der Waals surface area contributed by atoms with Gasteiger partial charge < -0.3 is 0 Å². The normalized spacial score (nSPS) is 18.3. The van der Waals surface area contributed by atoms with Gasteiger partial charge >= 0.3 is 0 Å². The minimum Gasteiger partial charge on any atom is -0.103 e. The van der Waals surface area contributed by atoms with Crippen molar-refractivity contribution in [3.63, 3.8) is 0 Å². The van der Waals surface area contributed by atoms with Crippen LogP contribution >= 0.6 is 15.9 Å². The number of hydrogen-bond donors (Lipinski definition) is 0. The van der Waals surface area contributed by atoms with Crippen LogP contribution in [0.5, 0.6) is 0 Å². The van der Waals surface area contributed by atoms with Crippen LogP contribution in [0.25, 0.3) is 0 Å². The molecule has 0 rings (SSSR count). The molecular weight excluding hydrogens is 212 g/mol. The maximum absolute atomic E-state index is 3.79. The highest BCUT2D eigenvalue weighted by atomic mass is 79.9. The van der Waals surface area contributed by atoms with Crippen LogP contribution in [-0.4, -0.2) is 5.33 Å². The molecule has 0 saturated carbocycles. The lowest BCUT2D eigenvalue weighted by atomic mass is 9.75. The topological polar surface area (TPSA) is 0 Å². The maximum atomic E-state index is 3.79. The van der Waals surface area contributed by atoms with Crippen LogP contribution < -0.4 is 0 Å². The summed E-state index contributed by atoms with van der Waals surface area (Å²) < 4.78 is 0. The fourth-order valence-corrected chi connectivity index (χ4v) is 2.38. The smallest absolute Gasteiger partial charge is 0.00879 e. The molecule has 1 heteroatoms. The van der Waals surface area contributed by atoms with Crippen LogP contribution in [0.2, 0.25) is 0 Å². The van der Waals surface area contributed by atoms with Crippen molar-refractivity contribution in [3.05, 3.63) is 12.7 Å². The summed E-state index contributed by atoms with van der Waals surface area (Å²) in [6.07, 6.45) is 5.72. The highest BCUT2D eigenvalue weighted by Gasteiger charge is 2.27. The van der Waals surface area contributed by atoms with Crippen molar-refractivity contribution in [2.75, 3.05) is 5.33 Å². The van der Waals surface area contributed by atoms with Gasteiger partial charge in [0.05, 0.1) is 0 Å². The van der Waals surface area contributed by atoms with Crippen molar-refractivity contribution in [1.29, 1.82) is 0 Å². The van der Waals surface area contributed by atoms with Gasteiger partial charge in [0.2, 0.25) is 0 Å². The number of allylic oxidation sites excluding steroid dienone is 1. The maximum Gasteiger partial charge on any atom is 0.00879 e. The lowest BCUT2D eigenvalue weighted by molar-refractivity contribution is 0.220. The van der Waals surface area contributed by atoms with Crippen molar-refractivity contribution in [2.45, 2.75) is 40.0 Å². The average Bonchev–Trinajstić information content (AvgIpc) is 2.05. The Morgan fingerprint density at radius 1 is 1.58 bits per heavy atom. The molecule has 0 amide bonds. The van der Waals surface area contributed by atoms with Gasteiger partial charge in [0, 0.05) is 5.33 Å². The molecule has 0 spiro atoms. The molecule has 2 atom stereocenters. The fourth-order valence-electron chi connectivity index (χ4n) is 1.55. The van der Waals surface area contributed by atoms with Gasteiger partial charge in [-0.05, 0) is 24.2 Å². The van der Waals surface area contributed by atoms with Gasteiger partial charge in [-0.2, -0.15) is 0 Å². The second kappa shape index (κ2) is 5.80. The molecule has 2 unspecified atom stereocenters. The third-order valence-electron chi connectivity index (χ3n) is 2.84. The van der Waals surface area contributed by atoms with E-state index < -0.39 is 0 Å². The highest BCUT2D eigenvalue weighted by Crippen LogP contribution is 2.36. The van der Waals surface area contributed by atoms with Gasteiger partial charge in [-0.3, -0.25) is 0 Å². The van der Waals surface area contributed by atoms with Gasteiger partial charge in [-0.25, -0.2) is 0 Å². The standard InChI is InChI=1S/C11H21Br/c1-5-7-10(3)11(4,9-12)8-6-2/h5,10H,1,6-9H2,2-4H3. The minimum absolute atomic E-state index is 0.447. The molecule has 0 aliphatic rings. The summed E-state index contributed by atoms with van der Waals surface area (Å²) in [6, 6.07) is 0. The molecule has 0 nitrogen and oxygen atoms in total. The zero-order valence-electron chi connectivity index (χ0n) is 8.57. The summed E-state index contributed by atoms with van der Waals surface area (Å²) in [6.45, 7) is 10.7. The Morgan fingerprint density at radius 3 is 2.50 bits per heavy atom. The summed E-state index contributed by atoms with van der Waals surface area (Å²) in [7, 11) is 0. The second-order valence-corrected chi connectivity index (χ2v) is 4.52. The lowest BCUT2D eigenvalue weighted by Crippen LogP contribution is -2.26. The second-order valence-electron chi connectivity index (χ2n) is 3.96. The third kappa shape index (κ3) is 3.30. The predicted molar refractivity (Wildman–Crippen MR) is 60.8 cm³/mol. The van der Waals surface area contributed by atoms with Crippen molar-refractivity contribution in [1.82, 2.24) is 0 Å². The highest BCUT2D eigenvalue weighted by molar-refractivity contribution is 9.09. The largest absolute Gasteiger partial charge is 0.103 e. The first-order chi connectivity index (χ1) is 5.60. The minimum atomic E-state index is 0.447. The van der Waals surface area contributed by atoms with Crippen LogP contribution in [0.3, 0.4) is 0 Å². The van der Waals surface area contributed by atoms with E-state index in [4.69, 9.17) is 0 Å². The summed E-state index contributed by atoms with van der Waals surface area (Å²) in [4.78, 5) is 0. The molecule has 0 radical (unpaired) electrons. The van der Waals surface area contributed by atoms with E-state index in [1.807, 2.05) is 6.08 Å². The molecule has 0 saturated heterocycles. The molecule has 0 aromatic heterocycles. The molecule has 0 bridgehead atoms. The molecule has 0 fully saturated rings. The Balaban J connectivity index is 4.17. The van der Waals surface area contributed by atoms with Gasteiger partial charge in [0.1, 0.15) is 0 Å². The Morgan fingerprint density at radius 2 is 2.17 bits per heavy atom. The average molecular weight is 233 g/mol. The van der Waals surface area contributed by atoms with E-state index in [2.05, 4.69) is 43.3 Å². The number of halogens is 1. The van der Waals surface area contributed by atoms with E-state index in [1.165, 1.54) is 12.8 Å². The van der Waals surface area contributed by atoms with E-state index in [1.54, 1.807) is 0 Å². The molecule has 0 aromatic rings.